The fourth-order valence-corrected chi connectivity index (χ4v) is 3.79. The Morgan fingerprint density at radius 1 is 1.00 bits per heavy atom. The molecule has 0 unspecified atom stereocenters. The van der Waals surface area contributed by atoms with Gasteiger partial charge in [0.1, 0.15) is 23.6 Å². The largest absolute Gasteiger partial charge is 0.486 e. The number of terminal acetylenes is 1. The van der Waals surface area contributed by atoms with Gasteiger partial charge in [0.25, 0.3) is 5.91 Å². The van der Waals surface area contributed by atoms with E-state index < -0.39 is 0 Å². The number of nitrogens with one attached hydrogen (secondary N) is 2. The lowest BCUT2D eigenvalue weighted by Crippen LogP contribution is -2.40. The first-order chi connectivity index (χ1) is 16.1. The van der Waals surface area contributed by atoms with Crippen molar-refractivity contribution in [2.24, 2.45) is 11.0 Å². The van der Waals surface area contributed by atoms with Crippen molar-refractivity contribution in [3.63, 3.8) is 0 Å². The lowest BCUT2D eigenvalue weighted by atomic mass is 9.83. The minimum atomic E-state index is -0.172. The monoisotopic (exact) mass is 447 g/mol. The molecule has 2 N–H and O–H groups in total. The van der Waals surface area contributed by atoms with Crippen molar-refractivity contribution in [3.8, 4) is 23.8 Å². The van der Waals surface area contributed by atoms with Crippen molar-refractivity contribution >= 4 is 17.4 Å². The summed E-state index contributed by atoms with van der Waals surface area (Å²) < 4.78 is 11.1. The van der Waals surface area contributed by atoms with Crippen molar-refractivity contribution in [2.75, 3.05) is 13.2 Å². The van der Waals surface area contributed by atoms with Gasteiger partial charge in [0, 0.05) is 18.0 Å². The average molecular weight is 448 g/mol. The summed E-state index contributed by atoms with van der Waals surface area (Å²) >= 11 is 0. The summed E-state index contributed by atoms with van der Waals surface area (Å²) in [5.74, 6) is 3.94. The van der Waals surface area contributed by atoms with E-state index in [2.05, 4.69) is 21.3 Å². The topological polar surface area (TPSA) is 115 Å². The van der Waals surface area contributed by atoms with Gasteiger partial charge in [-0.15, -0.1) is 6.42 Å². The fourth-order valence-electron chi connectivity index (χ4n) is 3.79. The number of ether oxygens (including phenoxy) is 2. The molecule has 2 aromatic rings. The van der Waals surface area contributed by atoms with Crippen molar-refractivity contribution in [1.82, 2.24) is 10.2 Å². The van der Waals surface area contributed by atoms with Crippen molar-refractivity contribution in [3.05, 3.63) is 54.1 Å². The molecule has 8 nitrogen and oxygen atoms in total. The molecule has 0 radical (unpaired) electrons. The summed E-state index contributed by atoms with van der Waals surface area (Å²) in [5, 5.41) is 6.60. The van der Waals surface area contributed by atoms with E-state index in [0.717, 1.165) is 31.2 Å². The average Bonchev–Trinajstić information content (AvgIpc) is 2.84. The van der Waals surface area contributed by atoms with Crippen LogP contribution in [-0.2, 0) is 9.59 Å². The van der Waals surface area contributed by atoms with Crippen LogP contribution in [0.2, 0.25) is 0 Å². The smallest absolute Gasteiger partial charge is 0.258 e. The molecule has 0 heterocycles. The van der Waals surface area contributed by atoms with E-state index in [9.17, 15) is 9.59 Å². The third-order valence-electron chi connectivity index (χ3n) is 5.52. The Kier molecular flexibility index (Phi) is 8.75. The third kappa shape index (κ3) is 7.91. The minimum absolute atomic E-state index is 0.0519. The molecule has 1 aliphatic rings. The summed E-state index contributed by atoms with van der Waals surface area (Å²) in [6, 6.07) is 13.9. The summed E-state index contributed by atoms with van der Waals surface area (Å²) in [4.78, 5) is 27.4. The van der Waals surface area contributed by atoms with Gasteiger partial charge in [0.15, 0.2) is 23.2 Å². The predicted molar refractivity (Wildman–Crippen MR) is 122 cm³/mol. The number of benzene rings is 2. The zero-order chi connectivity index (χ0) is 23.5. The molecule has 33 heavy (non-hydrogen) atoms. The van der Waals surface area contributed by atoms with E-state index in [4.69, 9.17) is 21.4 Å². The molecule has 3 rings (SSSR count). The number of hydrogen-bond donors (Lipinski definition) is 2. The number of rotatable bonds is 10. The van der Waals surface area contributed by atoms with Crippen LogP contribution in [0.25, 0.3) is 0 Å². The van der Waals surface area contributed by atoms with E-state index in [1.54, 1.807) is 48.5 Å². The molecule has 170 valence electrons. The van der Waals surface area contributed by atoms with Crippen LogP contribution in [0.3, 0.4) is 0 Å². The zero-order valence-electron chi connectivity index (χ0n) is 18.3. The lowest BCUT2D eigenvalue weighted by molar-refractivity contribution is -0.125. The quantitative estimate of drug-likeness (QED) is 0.326. The maximum atomic E-state index is 12.3. The maximum Gasteiger partial charge on any atom is 0.258 e. The van der Waals surface area contributed by atoms with Gasteiger partial charge in [-0.1, -0.05) is 5.92 Å². The molecule has 0 saturated heterocycles. The van der Waals surface area contributed by atoms with Gasteiger partial charge in [-0.3, -0.25) is 9.59 Å². The van der Waals surface area contributed by atoms with E-state index in [0.29, 0.717) is 29.5 Å². The highest BCUT2D eigenvalue weighted by atomic mass is 16.5. The van der Waals surface area contributed by atoms with Crippen LogP contribution in [-0.4, -0.2) is 30.9 Å². The SMILES string of the molecule is C#Cc1ccc(OCC(=O)CC2CCC(NC(=O)COc3ccc(N=[N+]=N)cc3)CC2)cc1. The second kappa shape index (κ2) is 12.2. The van der Waals surface area contributed by atoms with Crippen molar-refractivity contribution < 1.29 is 19.1 Å². The summed E-state index contributed by atoms with van der Waals surface area (Å²) in [6.45, 7) is -0.0201. The molecule has 0 spiro atoms. The first-order valence-electron chi connectivity index (χ1n) is 10.9. The number of Topliss-reactive ketones (excluding diaryl/α,β-unsaturated/α-hetero) is 1. The Bertz CT molecular complexity index is 1030. The van der Waals surface area contributed by atoms with Gasteiger partial charge in [-0.05, 0) is 80.1 Å². The molecular weight excluding hydrogens is 420 g/mol. The van der Waals surface area contributed by atoms with Crippen LogP contribution in [0.4, 0.5) is 5.69 Å². The Hall–Kier alpha value is -3.95. The molecule has 0 bridgehead atoms. The summed E-state index contributed by atoms with van der Waals surface area (Å²) in [6.07, 6.45) is 9.27. The second-order valence-electron chi connectivity index (χ2n) is 7.97. The molecule has 1 amide bonds. The number of carbonyl (C=O) groups excluding carboxylic acids is 2. The molecule has 1 fully saturated rings. The molecule has 8 heteroatoms. The van der Waals surface area contributed by atoms with Gasteiger partial charge in [-0.25, -0.2) is 0 Å². The third-order valence-corrected chi connectivity index (χ3v) is 5.52. The van der Waals surface area contributed by atoms with Crippen LogP contribution in [0.15, 0.2) is 53.6 Å². The van der Waals surface area contributed by atoms with Crippen LogP contribution in [0.1, 0.15) is 37.7 Å². The Balaban J connectivity index is 1.31. The van der Waals surface area contributed by atoms with Gasteiger partial charge in [-0.2, -0.15) is 0 Å². The molecule has 1 saturated carbocycles. The van der Waals surface area contributed by atoms with E-state index in [-0.39, 0.29) is 30.9 Å². The van der Waals surface area contributed by atoms with E-state index >= 15 is 0 Å². The number of nitrogens with zero attached hydrogens (tertiary/aromatic N) is 2. The molecular formula is C25H27N4O4+. The number of amides is 1. The van der Waals surface area contributed by atoms with E-state index in [1.165, 1.54) is 0 Å². The van der Waals surface area contributed by atoms with Crippen molar-refractivity contribution in [1.29, 1.82) is 5.53 Å². The van der Waals surface area contributed by atoms with E-state index in [1.807, 2.05) is 0 Å². The molecule has 0 atom stereocenters. The Morgan fingerprint density at radius 3 is 2.21 bits per heavy atom. The predicted octanol–water partition coefficient (Wildman–Crippen LogP) is 3.94. The highest BCUT2D eigenvalue weighted by Crippen LogP contribution is 2.27. The van der Waals surface area contributed by atoms with Crippen LogP contribution in [0.5, 0.6) is 11.5 Å². The van der Waals surface area contributed by atoms with Crippen molar-refractivity contribution in [2.45, 2.75) is 38.1 Å². The highest BCUT2D eigenvalue weighted by Gasteiger charge is 2.24. The number of ketones is 1. The summed E-state index contributed by atoms with van der Waals surface area (Å²) in [5.41, 5.74) is 8.02. The number of hydrogen-bond acceptors (Lipinski definition) is 6. The highest BCUT2D eigenvalue weighted by molar-refractivity contribution is 5.80. The molecule has 0 aromatic heterocycles. The standard InChI is InChI=1S/C25H26N4O4/c1-2-18-5-11-23(12-6-18)32-16-22(30)15-19-3-7-20(8-4-19)27-25(31)17-33-24-13-9-21(10-14-24)28-29-26/h1,5-6,9-14,19-20,26H,3-4,7-8,15-17H2/p+1. The fraction of sp³-hybridized carbons (Fsp3) is 0.360. The first kappa shape index (κ1) is 23.7. The summed E-state index contributed by atoms with van der Waals surface area (Å²) in [7, 11) is 0. The molecule has 0 aliphatic heterocycles. The van der Waals surface area contributed by atoms with Crippen LogP contribution < -0.4 is 19.7 Å². The second-order valence-corrected chi connectivity index (χ2v) is 7.97. The van der Waals surface area contributed by atoms with Gasteiger partial charge < -0.3 is 14.8 Å². The molecule has 2 aromatic carbocycles. The van der Waals surface area contributed by atoms with Crippen LogP contribution >= 0.6 is 0 Å². The maximum absolute atomic E-state index is 12.3. The Labute approximate surface area is 192 Å². The lowest BCUT2D eigenvalue weighted by Gasteiger charge is -2.28. The van der Waals surface area contributed by atoms with Gasteiger partial charge in [0.05, 0.1) is 0 Å². The van der Waals surface area contributed by atoms with Gasteiger partial charge >= 0.3 is 0 Å². The minimum Gasteiger partial charge on any atom is -0.486 e. The van der Waals surface area contributed by atoms with Crippen LogP contribution in [0, 0.1) is 23.8 Å². The number of carbonyl (C=O) groups is 2. The molecule has 1 aliphatic carbocycles. The first-order valence-corrected chi connectivity index (χ1v) is 10.9. The normalized spacial score (nSPS) is 17.2. The Morgan fingerprint density at radius 2 is 1.61 bits per heavy atom. The van der Waals surface area contributed by atoms with Gasteiger partial charge in [0.2, 0.25) is 4.91 Å². The zero-order valence-corrected chi connectivity index (χ0v) is 18.3.